The van der Waals surface area contributed by atoms with Crippen molar-refractivity contribution in [2.75, 3.05) is 26.8 Å². The lowest BCUT2D eigenvalue weighted by molar-refractivity contribution is -0.169. The first kappa shape index (κ1) is 17.8. The average Bonchev–Trinajstić information content (AvgIpc) is 3.07. The molecule has 1 aromatic carbocycles. The quantitative estimate of drug-likeness (QED) is 0.782. The molecule has 2 saturated heterocycles. The zero-order valence-corrected chi connectivity index (χ0v) is 15.7. The van der Waals surface area contributed by atoms with Gasteiger partial charge >= 0.3 is 5.97 Å². The maximum atomic E-state index is 12.8. The van der Waals surface area contributed by atoms with Crippen LogP contribution in [0.25, 0.3) is 11.1 Å². The minimum atomic E-state index is -0.367. The highest BCUT2D eigenvalue weighted by molar-refractivity contribution is 5.95. The molecule has 6 nitrogen and oxygen atoms in total. The molecule has 2 fully saturated rings. The van der Waals surface area contributed by atoms with Crippen LogP contribution in [0.5, 0.6) is 0 Å². The van der Waals surface area contributed by atoms with E-state index in [-0.39, 0.29) is 17.5 Å². The highest BCUT2D eigenvalue weighted by Crippen LogP contribution is 2.37. The van der Waals surface area contributed by atoms with Crippen LogP contribution in [0, 0.1) is 0 Å². The van der Waals surface area contributed by atoms with Gasteiger partial charge in [-0.2, -0.15) is 0 Å². The summed E-state index contributed by atoms with van der Waals surface area (Å²) in [5.74, 6) is -0.298. The van der Waals surface area contributed by atoms with Crippen LogP contribution in [0.3, 0.4) is 0 Å². The Balaban J connectivity index is 1.46. The van der Waals surface area contributed by atoms with Gasteiger partial charge in [0, 0.05) is 37.5 Å². The second kappa shape index (κ2) is 6.85. The number of hydrogen-bond acceptors (Lipinski definition) is 4. The van der Waals surface area contributed by atoms with Crippen LogP contribution in [0.2, 0.25) is 0 Å². The molecule has 0 atom stereocenters. The smallest absolute Gasteiger partial charge is 0.354 e. The number of esters is 1. The lowest BCUT2D eigenvalue weighted by atomic mass is 9.84. The van der Waals surface area contributed by atoms with E-state index in [1.165, 1.54) is 7.11 Å². The molecule has 0 bridgehead atoms. The SMILES string of the molecule is COC(=O)c1cc(-c2ccc(C(=O)N3CCC4(CCO4)CC3)cc2)cn1C. The monoisotopic (exact) mass is 368 g/mol. The van der Waals surface area contributed by atoms with Gasteiger partial charge in [0.15, 0.2) is 0 Å². The maximum absolute atomic E-state index is 12.8. The van der Waals surface area contributed by atoms with Crippen molar-refractivity contribution in [2.45, 2.75) is 24.9 Å². The third-order valence-corrected chi connectivity index (χ3v) is 5.79. The molecule has 2 aliphatic rings. The molecule has 0 saturated carbocycles. The van der Waals surface area contributed by atoms with Crippen LogP contribution in [0.1, 0.15) is 40.1 Å². The first-order valence-corrected chi connectivity index (χ1v) is 9.30. The number of aromatic nitrogens is 1. The van der Waals surface area contributed by atoms with E-state index in [2.05, 4.69) is 0 Å². The second-order valence-corrected chi connectivity index (χ2v) is 7.37. The van der Waals surface area contributed by atoms with E-state index in [1.54, 1.807) is 10.6 Å². The minimum absolute atomic E-state index is 0.0469. The number of amides is 1. The Morgan fingerprint density at radius 3 is 2.30 bits per heavy atom. The van der Waals surface area contributed by atoms with E-state index in [0.29, 0.717) is 11.3 Å². The highest BCUT2D eigenvalue weighted by Gasteiger charge is 2.41. The number of ether oxygens (including phenoxy) is 2. The van der Waals surface area contributed by atoms with Crippen LogP contribution in [-0.2, 0) is 16.5 Å². The first-order valence-electron chi connectivity index (χ1n) is 9.30. The molecule has 4 rings (SSSR count). The topological polar surface area (TPSA) is 60.8 Å². The van der Waals surface area contributed by atoms with E-state index >= 15 is 0 Å². The van der Waals surface area contributed by atoms with Gasteiger partial charge in [-0.15, -0.1) is 0 Å². The van der Waals surface area contributed by atoms with Gasteiger partial charge in [-0.1, -0.05) is 12.1 Å². The Labute approximate surface area is 158 Å². The van der Waals surface area contributed by atoms with Gasteiger partial charge in [-0.05, 0) is 43.0 Å². The zero-order valence-electron chi connectivity index (χ0n) is 15.7. The average molecular weight is 368 g/mol. The van der Waals surface area contributed by atoms with Crippen LogP contribution in [0.15, 0.2) is 36.5 Å². The second-order valence-electron chi connectivity index (χ2n) is 7.37. The molecule has 0 aliphatic carbocycles. The van der Waals surface area contributed by atoms with Gasteiger partial charge in [0.25, 0.3) is 5.91 Å². The molecule has 1 spiro atoms. The fourth-order valence-electron chi connectivity index (χ4n) is 3.92. The lowest BCUT2D eigenvalue weighted by Crippen LogP contribution is -2.53. The van der Waals surface area contributed by atoms with Gasteiger partial charge < -0.3 is 18.9 Å². The number of methoxy groups -OCH3 is 1. The van der Waals surface area contributed by atoms with Gasteiger partial charge in [0.05, 0.1) is 19.3 Å². The van der Waals surface area contributed by atoms with Crippen molar-refractivity contribution in [1.29, 1.82) is 0 Å². The van der Waals surface area contributed by atoms with Crippen molar-refractivity contribution in [3.05, 3.63) is 47.8 Å². The molecule has 6 heteroatoms. The van der Waals surface area contributed by atoms with Crippen LogP contribution in [0.4, 0.5) is 0 Å². The summed E-state index contributed by atoms with van der Waals surface area (Å²) in [6.07, 6.45) is 4.86. The number of rotatable bonds is 3. The summed E-state index contributed by atoms with van der Waals surface area (Å²) < 4.78 is 12.3. The number of benzene rings is 1. The van der Waals surface area contributed by atoms with Crippen molar-refractivity contribution in [3.8, 4) is 11.1 Å². The Hall–Kier alpha value is -2.60. The summed E-state index contributed by atoms with van der Waals surface area (Å²) in [6, 6.07) is 9.35. The molecule has 1 aromatic heterocycles. The number of hydrogen-bond donors (Lipinski definition) is 0. The number of carbonyl (C=O) groups excluding carboxylic acids is 2. The summed E-state index contributed by atoms with van der Waals surface area (Å²) >= 11 is 0. The molecule has 0 radical (unpaired) electrons. The van der Waals surface area contributed by atoms with Crippen LogP contribution >= 0.6 is 0 Å². The summed E-state index contributed by atoms with van der Waals surface area (Å²) in [5, 5.41) is 0. The summed E-state index contributed by atoms with van der Waals surface area (Å²) in [6.45, 7) is 2.36. The maximum Gasteiger partial charge on any atom is 0.354 e. The van der Waals surface area contributed by atoms with E-state index in [1.807, 2.05) is 42.4 Å². The highest BCUT2D eigenvalue weighted by atomic mass is 16.5. The van der Waals surface area contributed by atoms with Crippen LogP contribution < -0.4 is 0 Å². The van der Waals surface area contributed by atoms with Crippen LogP contribution in [-0.4, -0.2) is 53.8 Å². The van der Waals surface area contributed by atoms with Gasteiger partial charge in [0.2, 0.25) is 0 Å². The fourth-order valence-corrected chi connectivity index (χ4v) is 3.92. The summed E-state index contributed by atoms with van der Waals surface area (Å²) in [5.41, 5.74) is 3.10. The number of piperidine rings is 1. The van der Waals surface area contributed by atoms with E-state index < -0.39 is 0 Å². The van der Waals surface area contributed by atoms with Crippen molar-refractivity contribution < 1.29 is 19.1 Å². The van der Waals surface area contributed by atoms with Gasteiger partial charge in [-0.3, -0.25) is 4.79 Å². The van der Waals surface area contributed by atoms with E-state index in [9.17, 15) is 9.59 Å². The molecule has 2 aromatic rings. The predicted octanol–water partition coefficient (Wildman–Crippen LogP) is 2.87. The Morgan fingerprint density at radius 2 is 1.74 bits per heavy atom. The third-order valence-electron chi connectivity index (χ3n) is 5.79. The normalized spacial score (nSPS) is 18.2. The van der Waals surface area contributed by atoms with E-state index in [4.69, 9.17) is 9.47 Å². The number of nitrogens with zero attached hydrogens (tertiary/aromatic N) is 2. The Kier molecular flexibility index (Phi) is 4.52. The third kappa shape index (κ3) is 3.25. The molecular weight excluding hydrogens is 344 g/mol. The number of likely N-dealkylation sites (tertiary alicyclic amines) is 1. The lowest BCUT2D eigenvalue weighted by Gasteiger charge is -2.47. The van der Waals surface area contributed by atoms with Crippen molar-refractivity contribution >= 4 is 11.9 Å². The molecule has 2 aliphatic heterocycles. The molecule has 1 amide bonds. The largest absolute Gasteiger partial charge is 0.464 e. The van der Waals surface area contributed by atoms with Crippen molar-refractivity contribution in [1.82, 2.24) is 9.47 Å². The number of carbonyl (C=O) groups is 2. The van der Waals surface area contributed by atoms with Gasteiger partial charge in [-0.25, -0.2) is 4.79 Å². The Morgan fingerprint density at radius 1 is 1.07 bits per heavy atom. The number of aryl methyl sites for hydroxylation is 1. The molecule has 27 heavy (non-hydrogen) atoms. The first-order chi connectivity index (χ1) is 13.0. The van der Waals surface area contributed by atoms with Gasteiger partial charge in [0.1, 0.15) is 5.69 Å². The van der Waals surface area contributed by atoms with E-state index in [0.717, 1.165) is 50.1 Å². The predicted molar refractivity (Wildman–Crippen MR) is 101 cm³/mol. The van der Waals surface area contributed by atoms with Crippen molar-refractivity contribution in [2.24, 2.45) is 7.05 Å². The Bertz CT molecular complexity index is 855. The fraction of sp³-hybridized carbons (Fsp3) is 0.429. The molecule has 0 unspecified atom stereocenters. The minimum Gasteiger partial charge on any atom is -0.464 e. The molecule has 142 valence electrons. The molecule has 3 heterocycles. The zero-order chi connectivity index (χ0) is 19.0. The summed E-state index contributed by atoms with van der Waals surface area (Å²) in [7, 11) is 3.18. The molecular formula is C21H24N2O4. The standard InChI is InChI=1S/C21H24N2O4/c1-22-14-17(13-18(22)20(25)26-2)15-3-5-16(6-4-15)19(24)23-10-7-21(8-11-23)9-12-27-21/h3-6,13-14H,7-12H2,1-2H3. The van der Waals surface area contributed by atoms with Crippen molar-refractivity contribution in [3.63, 3.8) is 0 Å². The summed E-state index contributed by atoms with van der Waals surface area (Å²) in [4.78, 5) is 26.5. The molecule has 0 N–H and O–H groups in total.